The fourth-order valence-electron chi connectivity index (χ4n) is 3.44. The lowest BCUT2D eigenvalue weighted by molar-refractivity contribution is -0.384. The molecule has 27 heavy (non-hydrogen) atoms. The molecule has 0 spiro atoms. The summed E-state index contributed by atoms with van der Waals surface area (Å²) in [7, 11) is 0. The molecule has 0 bridgehead atoms. The Balaban J connectivity index is 1.68. The lowest BCUT2D eigenvalue weighted by Crippen LogP contribution is -2.47. The zero-order chi connectivity index (χ0) is 19.6. The van der Waals surface area contributed by atoms with Crippen molar-refractivity contribution in [2.24, 2.45) is 0 Å². The molecular weight excluding hydrogens is 342 g/mol. The van der Waals surface area contributed by atoms with Gasteiger partial charge < -0.3 is 4.90 Å². The van der Waals surface area contributed by atoms with E-state index in [0.29, 0.717) is 5.92 Å². The van der Waals surface area contributed by atoms with Crippen molar-refractivity contribution in [1.82, 2.24) is 14.9 Å². The molecular formula is C20H27N5O2. The number of piperazine rings is 1. The van der Waals surface area contributed by atoms with Crippen molar-refractivity contribution < 1.29 is 4.92 Å². The first-order valence-corrected chi connectivity index (χ1v) is 9.44. The van der Waals surface area contributed by atoms with E-state index in [-0.39, 0.29) is 16.7 Å². The molecule has 144 valence electrons. The summed E-state index contributed by atoms with van der Waals surface area (Å²) in [5, 5.41) is 11.0. The van der Waals surface area contributed by atoms with Gasteiger partial charge >= 0.3 is 0 Å². The van der Waals surface area contributed by atoms with Gasteiger partial charge in [-0.25, -0.2) is 9.97 Å². The molecule has 2 heterocycles. The summed E-state index contributed by atoms with van der Waals surface area (Å²) in [4.78, 5) is 24.6. The first kappa shape index (κ1) is 19.2. The third-order valence-electron chi connectivity index (χ3n) is 5.12. The Bertz CT molecular complexity index is 816. The first-order valence-electron chi connectivity index (χ1n) is 9.44. The standard InChI is InChI=1S/C20H27N5O2/c1-14(2)20-21-15(3)12-19(22-20)24-10-8-23(9-11-24)16(4)17-6-5-7-18(13-17)25(26)27/h5-7,12-14,16H,8-11H2,1-4H3/t16-/m1/s1. The zero-order valence-electron chi connectivity index (χ0n) is 16.4. The van der Waals surface area contributed by atoms with Crippen molar-refractivity contribution in [3.05, 3.63) is 57.5 Å². The van der Waals surface area contributed by atoms with E-state index >= 15 is 0 Å². The molecule has 1 aromatic carbocycles. The zero-order valence-corrected chi connectivity index (χ0v) is 16.4. The minimum Gasteiger partial charge on any atom is -0.354 e. The van der Waals surface area contributed by atoms with Crippen molar-refractivity contribution in [1.29, 1.82) is 0 Å². The maximum absolute atomic E-state index is 11.0. The van der Waals surface area contributed by atoms with Crippen LogP contribution in [-0.4, -0.2) is 46.0 Å². The van der Waals surface area contributed by atoms with E-state index < -0.39 is 0 Å². The SMILES string of the molecule is Cc1cc(N2CCN([C@H](C)c3cccc([N+](=O)[O-])c3)CC2)nc(C(C)C)n1. The highest BCUT2D eigenvalue weighted by Gasteiger charge is 2.24. The molecule has 1 atom stereocenters. The minimum absolute atomic E-state index is 0.144. The summed E-state index contributed by atoms with van der Waals surface area (Å²) in [5.41, 5.74) is 2.13. The quantitative estimate of drug-likeness (QED) is 0.591. The van der Waals surface area contributed by atoms with Crippen LogP contribution >= 0.6 is 0 Å². The van der Waals surface area contributed by atoms with E-state index in [9.17, 15) is 10.1 Å². The number of benzene rings is 1. The van der Waals surface area contributed by atoms with Crippen LogP contribution in [-0.2, 0) is 0 Å². The number of anilines is 1. The van der Waals surface area contributed by atoms with Gasteiger partial charge in [-0.05, 0) is 19.4 Å². The summed E-state index contributed by atoms with van der Waals surface area (Å²) in [6, 6.07) is 9.14. The molecule has 0 radical (unpaired) electrons. The Morgan fingerprint density at radius 3 is 2.41 bits per heavy atom. The predicted octanol–water partition coefficient (Wildman–Crippen LogP) is 3.70. The van der Waals surface area contributed by atoms with Crippen molar-refractivity contribution in [3.8, 4) is 0 Å². The second-order valence-electron chi connectivity index (χ2n) is 7.43. The number of non-ortho nitro benzene ring substituents is 1. The van der Waals surface area contributed by atoms with Crippen LogP contribution in [0.2, 0.25) is 0 Å². The van der Waals surface area contributed by atoms with Gasteiger partial charge in [0.2, 0.25) is 0 Å². The van der Waals surface area contributed by atoms with Crippen LogP contribution in [0, 0.1) is 17.0 Å². The average Bonchev–Trinajstić information content (AvgIpc) is 2.67. The summed E-state index contributed by atoms with van der Waals surface area (Å²) in [5.74, 6) is 2.19. The van der Waals surface area contributed by atoms with Crippen molar-refractivity contribution in [2.45, 2.75) is 39.7 Å². The highest BCUT2D eigenvalue weighted by molar-refractivity contribution is 5.41. The van der Waals surface area contributed by atoms with Crippen LogP contribution in [0.1, 0.15) is 49.8 Å². The maximum atomic E-state index is 11.0. The molecule has 0 amide bonds. The third-order valence-corrected chi connectivity index (χ3v) is 5.12. The molecule has 0 saturated carbocycles. The molecule has 1 fully saturated rings. The summed E-state index contributed by atoms with van der Waals surface area (Å²) in [6.07, 6.45) is 0. The van der Waals surface area contributed by atoms with Crippen molar-refractivity contribution in [3.63, 3.8) is 0 Å². The molecule has 1 aliphatic rings. The van der Waals surface area contributed by atoms with Gasteiger partial charge in [-0.15, -0.1) is 0 Å². The van der Waals surface area contributed by atoms with Crippen LogP contribution in [0.15, 0.2) is 30.3 Å². The van der Waals surface area contributed by atoms with Gasteiger partial charge in [0.05, 0.1) is 4.92 Å². The van der Waals surface area contributed by atoms with Gasteiger partial charge in [0.1, 0.15) is 11.6 Å². The van der Waals surface area contributed by atoms with Crippen LogP contribution in [0.5, 0.6) is 0 Å². The second-order valence-corrected chi connectivity index (χ2v) is 7.43. The predicted molar refractivity (Wildman–Crippen MR) is 106 cm³/mol. The van der Waals surface area contributed by atoms with Crippen molar-refractivity contribution in [2.75, 3.05) is 31.1 Å². The molecule has 2 aromatic rings. The molecule has 3 rings (SSSR count). The smallest absolute Gasteiger partial charge is 0.269 e. The number of nitrogens with zero attached hydrogens (tertiary/aromatic N) is 5. The number of nitro benzene ring substituents is 1. The van der Waals surface area contributed by atoms with Gasteiger partial charge in [0, 0.05) is 62.0 Å². The monoisotopic (exact) mass is 369 g/mol. The number of aromatic nitrogens is 2. The Morgan fingerprint density at radius 1 is 1.07 bits per heavy atom. The number of hydrogen-bond acceptors (Lipinski definition) is 6. The number of rotatable bonds is 5. The highest BCUT2D eigenvalue weighted by Crippen LogP contribution is 2.26. The third kappa shape index (κ3) is 4.42. The summed E-state index contributed by atoms with van der Waals surface area (Å²) in [6.45, 7) is 11.9. The molecule has 1 aromatic heterocycles. The van der Waals surface area contributed by atoms with Gasteiger partial charge in [0.25, 0.3) is 5.69 Å². The second kappa shape index (κ2) is 8.00. The Labute approximate surface area is 160 Å². The topological polar surface area (TPSA) is 75.4 Å². The average molecular weight is 369 g/mol. The fourth-order valence-corrected chi connectivity index (χ4v) is 3.44. The normalized spacial score (nSPS) is 16.6. The fraction of sp³-hybridized carbons (Fsp3) is 0.500. The maximum Gasteiger partial charge on any atom is 0.269 e. The van der Waals surface area contributed by atoms with Crippen LogP contribution in [0.3, 0.4) is 0 Å². The van der Waals surface area contributed by atoms with Gasteiger partial charge in [0.15, 0.2) is 0 Å². The van der Waals surface area contributed by atoms with E-state index in [1.54, 1.807) is 12.1 Å². The lowest BCUT2D eigenvalue weighted by atomic mass is 10.1. The summed E-state index contributed by atoms with van der Waals surface area (Å²) >= 11 is 0. The van der Waals surface area contributed by atoms with Gasteiger partial charge in [-0.3, -0.25) is 15.0 Å². The van der Waals surface area contributed by atoms with E-state index in [1.807, 2.05) is 19.1 Å². The molecule has 0 N–H and O–H groups in total. The molecule has 0 aliphatic carbocycles. The highest BCUT2D eigenvalue weighted by atomic mass is 16.6. The Kier molecular flexibility index (Phi) is 5.70. The van der Waals surface area contributed by atoms with Gasteiger partial charge in [-0.2, -0.15) is 0 Å². The van der Waals surface area contributed by atoms with Crippen molar-refractivity contribution >= 4 is 11.5 Å². The molecule has 7 nitrogen and oxygen atoms in total. The number of aryl methyl sites for hydroxylation is 1. The minimum atomic E-state index is -0.335. The van der Waals surface area contributed by atoms with Crippen LogP contribution < -0.4 is 4.90 Å². The Hall–Kier alpha value is -2.54. The molecule has 1 saturated heterocycles. The van der Waals surface area contributed by atoms with Gasteiger partial charge in [-0.1, -0.05) is 26.0 Å². The van der Waals surface area contributed by atoms with E-state index in [1.165, 1.54) is 6.07 Å². The molecule has 0 unspecified atom stereocenters. The number of hydrogen-bond donors (Lipinski definition) is 0. The van der Waals surface area contributed by atoms with Crippen LogP contribution in [0.25, 0.3) is 0 Å². The largest absolute Gasteiger partial charge is 0.354 e. The first-order chi connectivity index (χ1) is 12.8. The van der Waals surface area contributed by atoms with E-state index in [0.717, 1.165) is 49.1 Å². The molecule has 1 aliphatic heterocycles. The van der Waals surface area contributed by atoms with E-state index in [2.05, 4.69) is 35.6 Å². The Morgan fingerprint density at radius 2 is 1.78 bits per heavy atom. The number of nitro groups is 1. The summed E-state index contributed by atoms with van der Waals surface area (Å²) < 4.78 is 0. The van der Waals surface area contributed by atoms with Crippen LogP contribution in [0.4, 0.5) is 11.5 Å². The lowest BCUT2D eigenvalue weighted by Gasteiger charge is -2.38. The molecule has 7 heteroatoms. The van der Waals surface area contributed by atoms with E-state index in [4.69, 9.17) is 4.98 Å².